The van der Waals surface area contributed by atoms with Gasteiger partial charge in [0.2, 0.25) is 11.2 Å². The van der Waals surface area contributed by atoms with Gasteiger partial charge in [0, 0.05) is 19.5 Å². The molecule has 0 amide bonds. The van der Waals surface area contributed by atoms with E-state index < -0.39 is 0 Å². The quantitative estimate of drug-likeness (QED) is 0.709. The first-order chi connectivity index (χ1) is 8.34. The van der Waals surface area contributed by atoms with Crippen LogP contribution in [-0.2, 0) is 11.2 Å². The number of hydrogen-bond acceptors (Lipinski definition) is 5. The summed E-state index contributed by atoms with van der Waals surface area (Å²) in [7, 11) is 0. The van der Waals surface area contributed by atoms with Crippen LogP contribution in [0.1, 0.15) is 5.56 Å². The van der Waals surface area contributed by atoms with Crippen molar-refractivity contribution >= 4 is 17.4 Å². The van der Waals surface area contributed by atoms with E-state index in [4.69, 9.17) is 21.1 Å². The van der Waals surface area contributed by atoms with Gasteiger partial charge in [-0.2, -0.15) is 4.98 Å². The first kappa shape index (κ1) is 10.8. The summed E-state index contributed by atoms with van der Waals surface area (Å²) < 4.78 is 10.7. The lowest BCUT2D eigenvalue weighted by atomic mass is 10.1. The van der Waals surface area contributed by atoms with E-state index in [2.05, 4.69) is 14.9 Å². The highest BCUT2D eigenvalue weighted by Crippen LogP contribution is 2.31. The van der Waals surface area contributed by atoms with Gasteiger partial charge in [0.25, 0.3) is 0 Å². The molecule has 5 nitrogen and oxygen atoms in total. The molecule has 0 aromatic carbocycles. The summed E-state index contributed by atoms with van der Waals surface area (Å²) in [5, 5.41) is 0.223. The number of allylic oxidation sites excluding steroid dienone is 1. The minimum Gasteiger partial charge on any atom is -0.447 e. The van der Waals surface area contributed by atoms with Crippen LogP contribution in [0.2, 0.25) is 5.28 Å². The largest absolute Gasteiger partial charge is 0.447 e. The number of halogens is 1. The van der Waals surface area contributed by atoms with Crippen molar-refractivity contribution < 1.29 is 9.47 Å². The van der Waals surface area contributed by atoms with Crippen LogP contribution in [0, 0.1) is 0 Å². The van der Waals surface area contributed by atoms with Gasteiger partial charge in [0.15, 0.2) is 0 Å². The van der Waals surface area contributed by atoms with Gasteiger partial charge in [-0.25, -0.2) is 4.98 Å². The van der Waals surface area contributed by atoms with Crippen molar-refractivity contribution in [2.24, 2.45) is 0 Å². The Morgan fingerprint density at radius 3 is 2.88 bits per heavy atom. The Hall–Kier alpha value is -1.33. The summed E-state index contributed by atoms with van der Waals surface area (Å²) in [5.74, 6) is 1.43. The van der Waals surface area contributed by atoms with Gasteiger partial charge in [0.05, 0.1) is 25.0 Å². The maximum absolute atomic E-state index is 5.92. The van der Waals surface area contributed by atoms with Crippen LogP contribution in [0.15, 0.2) is 12.3 Å². The average Bonchev–Trinajstić information content (AvgIpc) is 2.39. The standard InChI is InChI=1S/C11H12ClN3O2/c12-11-13-9(15-3-6-16-7-4-15)8-2-1-5-17-10(8)14-11/h1,5H,2-4,6-7H2. The number of anilines is 1. The van der Waals surface area contributed by atoms with E-state index in [1.165, 1.54) is 0 Å². The molecular weight excluding hydrogens is 242 g/mol. The second kappa shape index (κ2) is 4.50. The molecule has 0 bridgehead atoms. The highest BCUT2D eigenvalue weighted by molar-refractivity contribution is 6.28. The molecule has 6 heteroatoms. The van der Waals surface area contributed by atoms with Gasteiger partial charge in [-0.1, -0.05) is 0 Å². The van der Waals surface area contributed by atoms with E-state index in [1.54, 1.807) is 6.26 Å². The Kier molecular flexibility index (Phi) is 2.86. The van der Waals surface area contributed by atoms with Crippen molar-refractivity contribution in [2.45, 2.75) is 6.42 Å². The highest BCUT2D eigenvalue weighted by Gasteiger charge is 2.22. The molecule has 0 N–H and O–H groups in total. The van der Waals surface area contributed by atoms with Crippen LogP contribution in [0.4, 0.5) is 5.82 Å². The van der Waals surface area contributed by atoms with Crippen molar-refractivity contribution in [1.82, 2.24) is 9.97 Å². The average molecular weight is 254 g/mol. The molecule has 0 atom stereocenters. The van der Waals surface area contributed by atoms with Crippen LogP contribution >= 0.6 is 11.6 Å². The van der Waals surface area contributed by atoms with Crippen molar-refractivity contribution in [3.8, 4) is 5.88 Å². The van der Waals surface area contributed by atoms with Crippen molar-refractivity contribution in [1.29, 1.82) is 0 Å². The Morgan fingerprint density at radius 1 is 1.24 bits per heavy atom. The van der Waals surface area contributed by atoms with Crippen LogP contribution in [0.3, 0.4) is 0 Å². The summed E-state index contributed by atoms with van der Waals surface area (Å²) in [4.78, 5) is 10.6. The molecule has 3 heterocycles. The third-order valence-corrected chi connectivity index (χ3v) is 3.00. The number of aromatic nitrogens is 2. The molecule has 0 radical (unpaired) electrons. The van der Waals surface area contributed by atoms with Crippen LogP contribution < -0.4 is 9.64 Å². The van der Waals surface area contributed by atoms with Crippen LogP contribution in [0.5, 0.6) is 5.88 Å². The zero-order valence-corrected chi connectivity index (χ0v) is 9.98. The third-order valence-electron chi connectivity index (χ3n) is 2.83. The molecule has 3 rings (SSSR count). The predicted molar refractivity (Wildman–Crippen MR) is 63.5 cm³/mol. The Morgan fingerprint density at radius 2 is 2.06 bits per heavy atom. The number of ether oxygens (including phenoxy) is 2. The second-order valence-corrected chi connectivity index (χ2v) is 4.23. The molecule has 0 unspecified atom stereocenters. The molecular formula is C11H12ClN3O2. The Balaban J connectivity index is 2.00. The molecule has 1 fully saturated rings. The number of hydrogen-bond donors (Lipinski definition) is 0. The highest BCUT2D eigenvalue weighted by atomic mass is 35.5. The van der Waals surface area contributed by atoms with E-state index in [9.17, 15) is 0 Å². The molecule has 1 aromatic rings. The molecule has 0 saturated carbocycles. The van der Waals surface area contributed by atoms with E-state index >= 15 is 0 Å². The van der Waals surface area contributed by atoms with E-state index in [0.717, 1.165) is 30.9 Å². The molecule has 0 aliphatic carbocycles. The number of fused-ring (bicyclic) bond motifs is 1. The fourth-order valence-electron chi connectivity index (χ4n) is 2.02. The molecule has 2 aliphatic rings. The minimum atomic E-state index is 0.223. The monoisotopic (exact) mass is 253 g/mol. The van der Waals surface area contributed by atoms with Gasteiger partial charge in [-0.3, -0.25) is 0 Å². The molecule has 1 saturated heterocycles. The maximum Gasteiger partial charge on any atom is 0.228 e. The van der Waals surface area contributed by atoms with Crippen molar-refractivity contribution in [3.63, 3.8) is 0 Å². The fourth-order valence-corrected chi connectivity index (χ4v) is 2.17. The van der Waals surface area contributed by atoms with Crippen molar-refractivity contribution in [3.05, 3.63) is 23.2 Å². The summed E-state index contributed by atoms with van der Waals surface area (Å²) in [6.45, 7) is 3.08. The molecule has 17 heavy (non-hydrogen) atoms. The van der Waals surface area contributed by atoms with Gasteiger partial charge >= 0.3 is 0 Å². The summed E-state index contributed by atoms with van der Waals surface area (Å²) in [6.07, 6.45) is 4.36. The summed E-state index contributed by atoms with van der Waals surface area (Å²) in [6, 6.07) is 0. The third kappa shape index (κ3) is 2.08. The SMILES string of the molecule is Clc1nc2c(c(N3CCOCC3)n1)CC=CO2. The zero-order chi connectivity index (χ0) is 11.7. The van der Waals surface area contributed by atoms with Gasteiger partial charge in [-0.05, 0) is 17.7 Å². The van der Waals surface area contributed by atoms with Gasteiger partial charge < -0.3 is 14.4 Å². The minimum absolute atomic E-state index is 0.223. The molecule has 90 valence electrons. The van der Waals surface area contributed by atoms with Gasteiger partial charge in [-0.15, -0.1) is 0 Å². The first-order valence-electron chi connectivity index (χ1n) is 5.55. The van der Waals surface area contributed by atoms with E-state index in [-0.39, 0.29) is 5.28 Å². The maximum atomic E-state index is 5.92. The topological polar surface area (TPSA) is 47.5 Å². The number of morpholine rings is 1. The van der Waals surface area contributed by atoms with E-state index in [0.29, 0.717) is 19.1 Å². The first-order valence-corrected chi connectivity index (χ1v) is 5.93. The zero-order valence-electron chi connectivity index (χ0n) is 9.23. The smallest absolute Gasteiger partial charge is 0.228 e. The molecule has 2 aliphatic heterocycles. The molecule has 0 spiro atoms. The Bertz CT molecular complexity index is 458. The lowest BCUT2D eigenvalue weighted by Gasteiger charge is -2.30. The summed E-state index contributed by atoms with van der Waals surface area (Å²) >= 11 is 5.92. The Labute approximate surface area is 104 Å². The molecule has 1 aromatic heterocycles. The fraction of sp³-hybridized carbons (Fsp3) is 0.455. The van der Waals surface area contributed by atoms with Gasteiger partial charge in [0.1, 0.15) is 5.82 Å². The predicted octanol–water partition coefficient (Wildman–Crippen LogP) is 1.42. The lowest BCUT2D eigenvalue weighted by Crippen LogP contribution is -2.37. The van der Waals surface area contributed by atoms with Crippen LogP contribution in [-0.4, -0.2) is 36.3 Å². The van der Waals surface area contributed by atoms with E-state index in [1.807, 2.05) is 6.08 Å². The van der Waals surface area contributed by atoms with Crippen molar-refractivity contribution in [2.75, 3.05) is 31.2 Å². The van der Waals surface area contributed by atoms with Crippen LogP contribution in [0.25, 0.3) is 0 Å². The normalized spacial score (nSPS) is 18.8. The number of nitrogens with zero attached hydrogens (tertiary/aromatic N) is 3. The number of rotatable bonds is 1. The second-order valence-electron chi connectivity index (χ2n) is 3.89. The summed E-state index contributed by atoms with van der Waals surface area (Å²) in [5.41, 5.74) is 0.999. The lowest BCUT2D eigenvalue weighted by molar-refractivity contribution is 0.122.